The van der Waals surface area contributed by atoms with Crippen LogP contribution in [0.4, 0.5) is 24.5 Å². The summed E-state index contributed by atoms with van der Waals surface area (Å²) >= 11 is 0. The molecule has 0 radical (unpaired) electrons. The molecule has 0 bridgehead atoms. The van der Waals surface area contributed by atoms with Gasteiger partial charge in [0, 0.05) is 49.9 Å². The molecule has 4 nitrogen and oxygen atoms in total. The summed E-state index contributed by atoms with van der Waals surface area (Å²) in [5.41, 5.74) is 0.725. The molecule has 2 unspecified atom stereocenters. The Labute approximate surface area is 163 Å². The van der Waals surface area contributed by atoms with E-state index in [4.69, 9.17) is 4.74 Å². The van der Waals surface area contributed by atoms with Crippen molar-refractivity contribution in [2.45, 2.75) is 38.7 Å². The Morgan fingerprint density at radius 2 is 1.75 bits per heavy atom. The highest BCUT2D eigenvalue weighted by atomic mass is 19.4. The van der Waals surface area contributed by atoms with Gasteiger partial charge in [0.1, 0.15) is 0 Å². The second kappa shape index (κ2) is 8.92. The smallest absolute Gasteiger partial charge is 0.373 e. The van der Waals surface area contributed by atoms with Crippen LogP contribution in [-0.4, -0.2) is 48.3 Å². The molecule has 0 N–H and O–H groups in total. The number of hydrogen-bond acceptors (Lipinski definition) is 4. The Kier molecular flexibility index (Phi) is 6.57. The zero-order chi connectivity index (χ0) is 20.1. The fraction of sp³-hybridized carbons (Fsp3) is 0.476. The average Bonchev–Trinajstić information content (AvgIpc) is 2.65. The fourth-order valence-electron chi connectivity index (χ4n) is 3.70. The summed E-state index contributed by atoms with van der Waals surface area (Å²) in [6, 6.07) is 9.12. The molecule has 0 aliphatic carbocycles. The van der Waals surface area contributed by atoms with Crippen LogP contribution in [-0.2, 0) is 10.9 Å². The third kappa shape index (κ3) is 5.45. The van der Waals surface area contributed by atoms with Crippen LogP contribution in [0.1, 0.15) is 25.8 Å². The summed E-state index contributed by atoms with van der Waals surface area (Å²) in [5.74, 6) is 0. The van der Waals surface area contributed by atoms with Crippen molar-refractivity contribution < 1.29 is 17.9 Å². The number of hydrogen-bond donors (Lipinski definition) is 0. The zero-order valence-electron chi connectivity index (χ0n) is 16.2. The minimum Gasteiger partial charge on any atom is -0.373 e. The molecule has 1 saturated heterocycles. The molecular weight excluding hydrogens is 367 g/mol. The Balaban J connectivity index is 1.74. The van der Waals surface area contributed by atoms with Crippen molar-refractivity contribution >= 4 is 11.4 Å². The highest BCUT2D eigenvalue weighted by molar-refractivity contribution is 5.63. The first kappa shape index (κ1) is 20.6. The number of halogens is 3. The maximum atomic E-state index is 13.2. The highest BCUT2D eigenvalue weighted by Gasteiger charge is 2.31. The van der Waals surface area contributed by atoms with E-state index in [0.717, 1.165) is 37.8 Å². The van der Waals surface area contributed by atoms with Gasteiger partial charge in [0.2, 0.25) is 0 Å². The first-order valence-corrected chi connectivity index (χ1v) is 9.55. The lowest BCUT2D eigenvalue weighted by atomic mass is 10.1. The van der Waals surface area contributed by atoms with Crippen LogP contribution in [0.2, 0.25) is 0 Å². The number of aromatic nitrogens is 1. The van der Waals surface area contributed by atoms with Crippen molar-refractivity contribution in [3.8, 4) is 0 Å². The second-order valence-electron chi connectivity index (χ2n) is 7.28. The van der Waals surface area contributed by atoms with Crippen LogP contribution in [0, 0.1) is 0 Å². The lowest BCUT2D eigenvalue weighted by molar-refractivity contribution is -0.137. The van der Waals surface area contributed by atoms with Crippen molar-refractivity contribution in [3.63, 3.8) is 0 Å². The minimum atomic E-state index is -4.36. The average molecular weight is 393 g/mol. The Morgan fingerprint density at radius 3 is 2.39 bits per heavy atom. The number of morpholine rings is 1. The number of ether oxygens (including phenoxy) is 1. The Morgan fingerprint density at radius 1 is 1.07 bits per heavy atom. The van der Waals surface area contributed by atoms with E-state index in [1.807, 2.05) is 17.0 Å². The Bertz CT molecular complexity index is 744. The predicted molar refractivity (Wildman–Crippen MR) is 104 cm³/mol. The van der Waals surface area contributed by atoms with Gasteiger partial charge in [0.25, 0.3) is 0 Å². The van der Waals surface area contributed by atoms with E-state index < -0.39 is 11.7 Å². The molecule has 1 aromatic carbocycles. The van der Waals surface area contributed by atoms with E-state index >= 15 is 0 Å². The molecule has 152 valence electrons. The largest absolute Gasteiger partial charge is 0.416 e. The molecular formula is C21H26F3N3O. The summed E-state index contributed by atoms with van der Waals surface area (Å²) in [6.07, 6.45) is 0.174. The quantitative estimate of drug-likeness (QED) is 0.709. The molecule has 3 rings (SSSR count). The summed E-state index contributed by atoms with van der Waals surface area (Å²) in [5, 5.41) is 0. The Hall–Kier alpha value is -2.12. The predicted octanol–water partition coefficient (Wildman–Crippen LogP) is 4.74. The van der Waals surface area contributed by atoms with Crippen LogP contribution >= 0.6 is 0 Å². The van der Waals surface area contributed by atoms with Gasteiger partial charge < -0.3 is 9.64 Å². The van der Waals surface area contributed by atoms with E-state index in [1.165, 1.54) is 12.1 Å². The van der Waals surface area contributed by atoms with Crippen molar-refractivity contribution in [1.29, 1.82) is 0 Å². The van der Waals surface area contributed by atoms with Gasteiger partial charge in [-0.25, -0.2) is 0 Å². The summed E-state index contributed by atoms with van der Waals surface area (Å²) < 4.78 is 45.2. The van der Waals surface area contributed by atoms with Crippen LogP contribution in [0.3, 0.4) is 0 Å². The van der Waals surface area contributed by atoms with Crippen LogP contribution in [0.15, 0.2) is 48.8 Å². The van der Waals surface area contributed by atoms with Gasteiger partial charge in [-0.3, -0.25) is 9.88 Å². The molecule has 1 aliphatic rings. The number of rotatable bonds is 6. The molecule has 1 aromatic heterocycles. The van der Waals surface area contributed by atoms with E-state index in [0.29, 0.717) is 12.2 Å². The summed E-state index contributed by atoms with van der Waals surface area (Å²) in [7, 11) is 0. The van der Waals surface area contributed by atoms with E-state index in [-0.39, 0.29) is 12.2 Å². The van der Waals surface area contributed by atoms with Crippen molar-refractivity contribution in [2.75, 3.05) is 31.1 Å². The molecule has 1 fully saturated rings. The number of benzene rings is 1. The van der Waals surface area contributed by atoms with E-state index in [2.05, 4.69) is 23.7 Å². The maximum absolute atomic E-state index is 13.2. The summed E-state index contributed by atoms with van der Waals surface area (Å²) in [4.78, 5) is 8.30. The van der Waals surface area contributed by atoms with Gasteiger partial charge in [0.05, 0.1) is 17.8 Å². The normalized spacial score (nSPS) is 20.9. The highest BCUT2D eigenvalue weighted by Crippen LogP contribution is 2.33. The van der Waals surface area contributed by atoms with Crippen LogP contribution in [0.25, 0.3) is 0 Å². The van der Waals surface area contributed by atoms with Crippen molar-refractivity contribution in [2.24, 2.45) is 0 Å². The third-order valence-electron chi connectivity index (χ3n) is 4.81. The number of nitrogens with zero attached hydrogens (tertiary/aromatic N) is 3. The third-order valence-corrected chi connectivity index (χ3v) is 4.81. The molecule has 0 spiro atoms. The molecule has 1 aliphatic heterocycles. The zero-order valence-corrected chi connectivity index (χ0v) is 16.2. The first-order valence-electron chi connectivity index (χ1n) is 9.55. The maximum Gasteiger partial charge on any atom is 0.416 e. The molecule has 0 saturated carbocycles. The topological polar surface area (TPSA) is 28.6 Å². The van der Waals surface area contributed by atoms with Gasteiger partial charge in [-0.1, -0.05) is 6.07 Å². The summed E-state index contributed by atoms with van der Waals surface area (Å²) in [6.45, 7) is 7.37. The van der Waals surface area contributed by atoms with Crippen LogP contribution < -0.4 is 4.90 Å². The number of pyridine rings is 1. The van der Waals surface area contributed by atoms with E-state index in [1.54, 1.807) is 18.5 Å². The first-order chi connectivity index (χ1) is 13.3. The van der Waals surface area contributed by atoms with Gasteiger partial charge in [0.15, 0.2) is 0 Å². The number of alkyl halides is 3. The molecule has 28 heavy (non-hydrogen) atoms. The second-order valence-corrected chi connectivity index (χ2v) is 7.28. The van der Waals surface area contributed by atoms with Crippen molar-refractivity contribution in [3.05, 3.63) is 54.4 Å². The lowest BCUT2D eigenvalue weighted by Gasteiger charge is -2.36. The van der Waals surface area contributed by atoms with Gasteiger partial charge in [-0.2, -0.15) is 13.2 Å². The molecule has 7 heteroatoms. The molecule has 2 atom stereocenters. The monoisotopic (exact) mass is 393 g/mol. The molecule has 0 amide bonds. The lowest BCUT2D eigenvalue weighted by Crippen LogP contribution is -2.46. The van der Waals surface area contributed by atoms with Crippen LogP contribution in [0.5, 0.6) is 0 Å². The molecule has 2 aromatic rings. The molecule has 2 heterocycles. The van der Waals surface area contributed by atoms with Gasteiger partial charge in [-0.15, -0.1) is 0 Å². The van der Waals surface area contributed by atoms with E-state index in [9.17, 15) is 13.2 Å². The minimum absolute atomic E-state index is 0.198. The van der Waals surface area contributed by atoms with Gasteiger partial charge >= 0.3 is 6.18 Å². The fourth-order valence-corrected chi connectivity index (χ4v) is 3.70. The van der Waals surface area contributed by atoms with Crippen molar-refractivity contribution in [1.82, 2.24) is 9.88 Å². The van der Waals surface area contributed by atoms with Gasteiger partial charge in [-0.05, 0) is 50.6 Å². The SMILES string of the molecule is CC1CN(CCCN(c2ccncc2)c2cccc(C(F)(F)F)c2)CC(C)O1. The number of anilines is 2. The standard InChI is InChI=1S/C21H26F3N3O/c1-16-14-26(15-17(2)28-16)11-4-12-27(19-7-9-25-10-8-19)20-6-3-5-18(13-20)21(22,23)24/h3,5-10,13,16-17H,4,11-12,14-15H2,1-2H3.